The molecule has 0 saturated heterocycles. The number of hydrogen-bond donors (Lipinski definition) is 3. The molecule has 0 aliphatic heterocycles. The quantitative estimate of drug-likeness (QED) is 0.681. The zero-order valence-corrected chi connectivity index (χ0v) is 10.9. The summed E-state index contributed by atoms with van der Waals surface area (Å²) in [7, 11) is 0. The number of H-pyrrole nitrogens is 1. The van der Waals surface area contributed by atoms with Crippen LogP contribution < -0.4 is 11.1 Å². The first-order valence-corrected chi connectivity index (χ1v) is 6.44. The van der Waals surface area contributed by atoms with Crippen LogP contribution in [0.5, 0.6) is 0 Å². The normalized spacial score (nSPS) is 10.7. The summed E-state index contributed by atoms with van der Waals surface area (Å²) in [6.07, 6.45) is 1.73. The molecule has 100 valence electrons. The summed E-state index contributed by atoms with van der Waals surface area (Å²) in [4.78, 5) is 15.4. The van der Waals surface area contributed by atoms with Crippen LogP contribution >= 0.6 is 0 Å². The van der Waals surface area contributed by atoms with E-state index in [9.17, 15) is 4.79 Å². The standard InChI is InChI=1S/C16H15N3O/c17-9-11-5-7-12(8-6-11)19-16(20)14-10-18-15-4-2-1-3-13(14)15/h1-8,10,18H,9,17H2,(H,19,20). The number of carbonyl (C=O) groups is 1. The highest BCUT2D eigenvalue weighted by atomic mass is 16.1. The average molecular weight is 265 g/mol. The third-order valence-electron chi connectivity index (χ3n) is 3.28. The van der Waals surface area contributed by atoms with Gasteiger partial charge in [0.15, 0.2) is 0 Å². The second kappa shape index (κ2) is 5.19. The van der Waals surface area contributed by atoms with E-state index in [4.69, 9.17) is 5.73 Å². The van der Waals surface area contributed by atoms with Gasteiger partial charge >= 0.3 is 0 Å². The Morgan fingerprint density at radius 1 is 1.10 bits per heavy atom. The first kappa shape index (κ1) is 12.4. The molecular weight excluding hydrogens is 250 g/mol. The number of fused-ring (bicyclic) bond motifs is 1. The highest BCUT2D eigenvalue weighted by Gasteiger charge is 2.11. The van der Waals surface area contributed by atoms with Crippen molar-refractivity contribution in [3.63, 3.8) is 0 Å². The van der Waals surface area contributed by atoms with Gasteiger partial charge in [-0.1, -0.05) is 30.3 Å². The number of rotatable bonds is 3. The molecule has 4 N–H and O–H groups in total. The zero-order valence-electron chi connectivity index (χ0n) is 10.9. The molecule has 0 atom stereocenters. The molecule has 4 heteroatoms. The predicted octanol–water partition coefficient (Wildman–Crippen LogP) is 2.88. The zero-order chi connectivity index (χ0) is 13.9. The molecule has 4 nitrogen and oxygen atoms in total. The van der Waals surface area contributed by atoms with Gasteiger partial charge in [0.2, 0.25) is 0 Å². The minimum absolute atomic E-state index is 0.122. The largest absolute Gasteiger partial charge is 0.360 e. The highest BCUT2D eigenvalue weighted by molar-refractivity contribution is 6.12. The maximum Gasteiger partial charge on any atom is 0.257 e. The van der Waals surface area contributed by atoms with Crippen LogP contribution in [0.15, 0.2) is 54.7 Å². The van der Waals surface area contributed by atoms with Crippen molar-refractivity contribution in [2.24, 2.45) is 5.73 Å². The van der Waals surface area contributed by atoms with E-state index in [0.29, 0.717) is 12.1 Å². The number of anilines is 1. The molecule has 0 spiro atoms. The van der Waals surface area contributed by atoms with E-state index in [1.807, 2.05) is 48.5 Å². The molecule has 1 aromatic heterocycles. The van der Waals surface area contributed by atoms with Gasteiger partial charge in [-0.3, -0.25) is 4.79 Å². The fourth-order valence-corrected chi connectivity index (χ4v) is 2.18. The maximum atomic E-state index is 12.3. The highest BCUT2D eigenvalue weighted by Crippen LogP contribution is 2.19. The summed E-state index contributed by atoms with van der Waals surface area (Å²) < 4.78 is 0. The van der Waals surface area contributed by atoms with Crippen molar-refractivity contribution in [2.75, 3.05) is 5.32 Å². The minimum atomic E-state index is -0.122. The molecule has 0 bridgehead atoms. The van der Waals surface area contributed by atoms with Crippen LogP contribution in [0.25, 0.3) is 10.9 Å². The van der Waals surface area contributed by atoms with E-state index < -0.39 is 0 Å². The molecule has 20 heavy (non-hydrogen) atoms. The van der Waals surface area contributed by atoms with Crippen molar-refractivity contribution < 1.29 is 4.79 Å². The van der Waals surface area contributed by atoms with Crippen molar-refractivity contribution >= 4 is 22.5 Å². The number of aromatic nitrogens is 1. The lowest BCUT2D eigenvalue weighted by molar-refractivity contribution is 0.102. The number of hydrogen-bond acceptors (Lipinski definition) is 2. The van der Waals surface area contributed by atoms with Gasteiger partial charge in [-0.05, 0) is 23.8 Å². The van der Waals surface area contributed by atoms with Gasteiger partial charge < -0.3 is 16.0 Å². The lowest BCUT2D eigenvalue weighted by Crippen LogP contribution is -2.11. The van der Waals surface area contributed by atoms with E-state index in [1.165, 1.54) is 0 Å². The minimum Gasteiger partial charge on any atom is -0.360 e. The Kier molecular flexibility index (Phi) is 3.23. The number of carbonyl (C=O) groups excluding carboxylic acids is 1. The number of aromatic amines is 1. The Morgan fingerprint density at radius 2 is 1.85 bits per heavy atom. The molecule has 0 aliphatic rings. The summed E-state index contributed by atoms with van der Waals surface area (Å²) in [5.41, 5.74) is 8.94. The van der Waals surface area contributed by atoms with E-state index in [-0.39, 0.29) is 5.91 Å². The molecule has 0 radical (unpaired) electrons. The Labute approximate surface area is 116 Å². The van der Waals surface area contributed by atoms with Crippen molar-refractivity contribution in [3.8, 4) is 0 Å². The smallest absolute Gasteiger partial charge is 0.257 e. The molecule has 1 amide bonds. The van der Waals surface area contributed by atoms with Gasteiger partial charge in [-0.2, -0.15) is 0 Å². The van der Waals surface area contributed by atoms with Crippen LogP contribution in [0.2, 0.25) is 0 Å². The van der Waals surface area contributed by atoms with Crippen LogP contribution in [0.3, 0.4) is 0 Å². The van der Waals surface area contributed by atoms with Gasteiger partial charge in [0.05, 0.1) is 5.56 Å². The SMILES string of the molecule is NCc1ccc(NC(=O)c2c[nH]c3ccccc23)cc1. The van der Waals surface area contributed by atoms with Gasteiger partial charge in [-0.25, -0.2) is 0 Å². The van der Waals surface area contributed by atoms with Gasteiger partial charge in [0.1, 0.15) is 0 Å². The maximum absolute atomic E-state index is 12.3. The van der Waals surface area contributed by atoms with Crippen LogP contribution in [0, 0.1) is 0 Å². The second-order valence-electron chi connectivity index (χ2n) is 4.60. The molecule has 0 saturated carbocycles. The summed E-state index contributed by atoms with van der Waals surface area (Å²) in [6.45, 7) is 0.497. The number of para-hydroxylation sites is 1. The molecule has 0 fully saturated rings. The van der Waals surface area contributed by atoms with Crippen LogP contribution in [-0.4, -0.2) is 10.9 Å². The predicted molar refractivity (Wildman–Crippen MR) is 80.6 cm³/mol. The first-order valence-electron chi connectivity index (χ1n) is 6.44. The van der Waals surface area contributed by atoms with Crippen LogP contribution in [0.1, 0.15) is 15.9 Å². The molecule has 2 aromatic carbocycles. The summed E-state index contributed by atoms with van der Waals surface area (Å²) >= 11 is 0. The monoisotopic (exact) mass is 265 g/mol. The lowest BCUT2D eigenvalue weighted by atomic mass is 10.1. The first-order chi connectivity index (χ1) is 9.78. The summed E-state index contributed by atoms with van der Waals surface area (Å²) in [6, 6.07) is 15.3. The Bertz CT molecular complexity index is 744. The Balaban J connectivity index is 1.85. The molecule has 3 aromatic rings. The van der Waals surface area contributed by atoms with Gasteiger partial charge in [0, 0.05) is 29.3 Å². The Morgan fingerprint density at radius 3 is 2.60 bits per heavy atom. The van der Waals surface area contributed by atoms with Crippen molar-refractivity contribution in [3.05, 3.63) is 65.9 Å². The molecule has 1 heterocycles. The lowest BCUT2D eigenvalue weighted by Gasteiger charge is -2.05. The topological polar surface area (TPSA) is 70.9 Å². The fraction of sp³-hybridized carbons (Fsp3) is 0.0625. The molecule has 0 unspecified atom stereocenters. The third-order valence-corrected chi connectivity index (χ3v) is 3.28. The van der Waals surface area contributed by atoms with Crippen LogP contribution in [0.4, 0.5) is 5.69 Å². The van der Waals surface area contributed by atoms with E-state index in [2.05, 4.69) is 10.3 Å². The number of benzene rings is 2. The summed E-state index contributed by atoms with van der Waals surface area (Å²) in [5, 5.41) is 3.81. The Hall–Kier alpha value is -2.59. The molecule has 0 aliphatic carbocycles. The van der Waals surface area contributed by atoms with Crippen molar-refractivity contribution in [2.45, 2.75) is 6.54 Å². The number of nitrogens with one attached hydrogen (secondary N) is 2. The third kappa shape index (κ3) is 2.29. The molecular formula is C16H15N3O. The van der Waals surface area contributed by atoms with E-state index in [1.54, 1.807) is 6.20 Å². The van der Waals surface area contributed by atoms with Gasteiger partial charge in [0.25, 0.3) is 5.91 Å². The average Bonchev–Trinajstić information content (AvgIpc) is 2.92. The second-order valence-corrected chi connectivity index (χ2v) is 4.60. The molecule has 3 rings (SSSR count). The number of amides is 1. The number of nitrogens with two attached hydrogens (primary N) is 1. The fourth-order valence-electron chi connectivity index (χ4n) is 2.18. The summed E-state index contributed by atoms with van der Waals surface area (Å²) in [5.74, 6) is -0.122. The van der Waals surface area contributed by atoms with Crippen LogP contribution in [-0.2, 0) is 6.54 Å². The van der Waals surface area contributed by atoms with Crippen molar-refractivity contribution in [1.29, 1.82) is 0 Å². The van der Waals surface area contributed by atoms with E-state index >= 15 is 0 Å². The van der Waals surface area contributed by atoms with E-state index in [0.717, 1.165) is 22.2 Å². The van der Waals surface area contributed by atoms with Crippen molar-refractivity contribution in [1.82, 2.24) is 4.98 Å². The van der Waals surface area contributed by atoms with Gasteiger partial charge in [-0.15, -0.1) is 0 Å².